The van der Waals surface area contributed by atoms with E-state index in [1.54, 1.807) is 18.3 Å². The zero-order valence-electron chi connectivity index (χ0n) is 13.3. The monoisotopic (exact) mass is 328 g/mol. The quantitative estimate of drug-likeness (QED) is 0.901. The van der Waals surface area contributed by atoms with Gasteiger partial charge in [-0.3, -0.25) is 0 Å². The Hall–Kier alpha value is -2.60. The minimum atomic E-state index is -1.03. The Morgan fingerprint density at radius 1 is 1.17 bits per heavy atom. The van der Waals surface area contributed by atoms with E-state index in [4.69, 9.17) is 9.84 Å². The molecule has 1 aliphatic heterocycles. The highest BCUT2D eigenvalue weighted by Crippen LogP contribution is 2.33. The number of carbonyl (C=O) groups is 1. The van der Waals surface area contributed by atoms with Crippen LogP contribution in [0.1, 0.15) is 24.0 Å². The summed E-state index contributed by atoms with van der Waals surface area (Å²) in [4.78, 5) is 16.5. The van der Waals surface area contributed by atoms with Crippen molar-refractivity contribution >= 4 is 6.09 Å². The second kappa shape index (κ2) is 6.88. The molecule has 6 heteroatoms. The van der Waals surface area contributed by atoms with Crippen molar-refractivity contribution in [3.63, 3.8) is 0 Å². The molecule has 3 rings (SSSR count). The summed E-state index contributed by atoms with van der Waals surface area (Å²) >= 11 is 0. The van der Waals surface area contributed by atoms with Crippen LogP contribution >= 0.6 is 0 Å². The number of benzene rings is 1. The first-order chi connectivity index (χ1) is 11.6. The molecule has 1 fully saturated rings. The molecule has 6 nitrogen and oxygen atoms in total. The number of amides is 1. The summed E-state index contributed by atoms with van der Waals surface area (Å²) in [6, 6.07) is 13.3. The van der Waals surface area contributed by atoms with Gasteiger partial charge in [-0.1, -0.05) is 30.3 Å². The van der Waals surface area contributed by atoms with Crippen molar-refractivity contribution in [3.05, 3.63) is 59.8 Å². The molecule has 0 unspecified atom stereocenters. The molecule has 0 radical (unpaired) electrons. The number of likely N-dealkylation sites (tertiary alicyclic amines) is 1. The number of rotatable bonds is 4. The Morgan fingerprint density at radius 3 is 2.46 bits per heavy atom. The molecule has 2 N–H and O–H groups in total. The Labute approximate surface area is 140 Å². The maximum absolute atomic E-state index is 11.0. The first kappa shape index (κ1) is 16.3. The molecule has 1 saturated heterocycles. The smallest absolute Gasteiger partial charge is 0.407 e. The van der Waals surface area contributed by atoms with Gasteiger partial charge < -0.3 is 19.8 Å². The van der Waals surface area contributed by atoms with Crippen molar-refractivity contribution in [2.75, 3.05) is 13.1 Å². The number of aliphatic hydroxyl groups is 1. The Morgan fingerprint density at radius 2 is 1.88 bits per heavy atom. The fourth-order valence-corrected chi connectivity index (χ4v) is 2.83. The summed E-state index contributed by atoms with van der Waals surface area (Å²) in [7, 11) is 0. The van der Waals surface area contributed by atoms with Crippen molar-refractivity contribution in [2.24, 2.45) is 0 Å². The van der Waals surface area contributed by atoms with Crippen LogP contribution in [0.25, 0.3) is 0 Å². The van der Waals surface area contributed by atoms with Crippen molar-refractivity contribution < 1.29 is 19.7 Å². The molecule has 0 spiro atoms. The normalized spacial score (nSPS) is 16.6. The van der Waals surface area contributed by atoms with E-state index in [2.05, 4.69) is 4.98 Å². The van der Waals surface area contributed by atoms with Crippen LogP contribution in [0.5, 0.6) is 5.88 Å². The summed E-state index contributed by atoms with van der Waals surface area (Å²) < 4.78 is 5.64. The molecule has 24 heavy (non-hydrogen) atoms. The van der Waals surface area contributed by atoms with Gasteiger partial charge in [-0.05, 0) is 24.5 Å². The fourth-order valence-electron chi connectivity index (χ4n) is 2.83. The minimum absolute atomic E-state index is 0.318. The third-order valence-electron chi connectivity index (χ3n) is 4.36. The zero-order valence-corrected chi connectivity index (χ0v) is 13.3. The van der Waals surface area contributed by atoms with E-state index in [9.17, 15) is 9.90 Å². The highest BCUT2D eigenvalue weighted by Gasteiger charge is 2.35. The van der Waals surface area contributed by atoms with Crippen LogP contribution in [-0.4, -0.2) is 39.3 Å². The van der Waals surface area contributed by atoms with Gasteiger partial charge in [0.1, 0.15) is 6.61 Å². The Kier molecular flexibility index (Phi) is 4.66. The molecule has 0 saturated carbocycles. The van der Waals surface area contributed by atoms with Gasteiger partial charge in [0.25, 0.3) is 0 Å². The molecule has 1 amide bonds. The average Bonchev–Trinajstić information content (AvgIpc) is 2.61. The van der Waals surface area contributed by atoms with E-state index in [0.29, 0.717) is 44.0 Å². The van der Waals surface area contributed by atoms with E-state index in [1.807, 2.05) is 30.3 Å². The lowest BCUT2D eigenvalue weighted by Crippen LogP contribution is -2.44. The van der Waals surface area contributed by atoms with Gasteiger partial charge >= 0.3 is 6.09 Å². The molecular formula is C18H20N2O4. The number of hydrogen-bond acceptors (Lipinski definition) is 4. The van der Waals surface area contributed by atoms with Gasteiger partial charge in [-0.25, -0.2) is 9.78 Å². The first-order valence-corrected chi connectivity index (χ1v) is 7.90. The number of carboxylic acid groups (broad SMARTS) is 1. The lowest BCUT2D eigenvalue weighted by Gasteiger charge is -2.37. The highest BCUT2D eigenvalue weighted by molar-refractivity contribution is 5.65. The summed E-state index contributed by atoms with van der Waals surface area (Å²) in [6.07, 6.45) is 1.40. The van der Waals surface area contributed by atoms with Gasteiger partial charge in [0.05, 0.1) is 5.60 Å². The second-order valence-electron chi connectivity index (χ2n) is 5.96. The molecule has 0 bridgehead atoms. The van der Waals surface area contributed by atoms with Crippen molar-refractivity contribution in [1.29, 1.82) is 0 Å². The van der Waals surface area contributed by atoms with Crippen LogP contribution in [0.2, 0.25) is 0 Å². The molecular weight excluding hydrogens is 308 g/mol. The molecule has 0 aliphatic carbocycles. The second-order valence-corrected chi connectivity index (χ2v) is 5.96. The standard InChI is InChI=1S/C18H20N2O4/c21-17(22)20-10-8-18(23,9-11-20)15-6-7-16(19-12-15)24-13-14-4-2-1-3-5-14/h1-7,12,23H,8-11,13H2,(H,21,22). The van der Waals surface area contributed by atoms with E-state index in [-0.39, 0.29) is 0 Å². The maximum atomic E-state index is 11.0. The number of aromatic nitrogens is 1. The molecule has 2 heterocycles. The lowest BCUT2D eigenvalue weighted by atomic mass is 9.85. The molecule has 1 aromatic carbocycles. The van der Waals surface area contributed by atoms with Crippen molar-refractivity contribution in [2.45, 2.75) is 25.0 Å². The third-order valence-corrected chi connectivity index (χ3v) is 4.36. The number of piperidine rings is 1. The number of hydrogen-bond donors (Lipinski definition) is 2. The van der Waals surface area contributed by atoms with Gasteiger partial charge in [0.2, 0.25) is 5.88 Å². The van der Waals surface area contributed by atoms with Gasteiger partial charge in [-0.15, -0.1) is 0 Å². The Bertz CT molecular complexity index is 680. The van der Waals surface area contributed by atoms with Crippen LogP contribution in [0.15, 0.2) is 48.7 Å². The summed E-state index contributed by atoms with van der Waals surface area (Å²) in [6.45, 7) is 1.07. The van der Waals surface area contributed by atoms with Gasteiger partial charge in [-0.2, -0.15) is 0 Å². The zero-order chi connectivity index (χ0) is 17.0. The van der Waals surface area contributed by atoms with Crippen LogP contribution < -0.4 is 4.74 Å². The Balaban J connectivity index is 1.61. The van der Waals surface area contributed by atoms with Crippen LogP contribution in [0.3, 0.4) is 0 Å². The average molecular weight is 328 g/mol. The predicted octanol–water partition coefficient (Wildman–Crippen LogP) is 2.62. The van der Waals surface area contributed by atoms with E-state index < -0.39 is 11.7 Å². The summed E-state index contributed by atoms with van der Waals surface area (Å²) in [5.41, 5.74) is 0.722. The van der Waals surface area contributed by atoms with Crippen molar-refractivity contribution in [3.8, 4) is 5.88 Å². The SMILES string of the molecule is O=C(O)N1CCC(O)(c2ccc(OCc3ccccc3)nc2)CC1. The van der Waals surface area contributed by atoms with E-state index in [0.717, 1.165) is 5.56 Å². The third kappa shape index (κ3) is 3.65. The van der Waals surface area contributed by atoms with Gasteiger partial charge in [0.15, 0.2) is 0 Å². The van der Waals surface area contributed by atoms with Crippen LogP contribution in [-0.2, 0) is 12.2 Å². The molecule has 0 atom stereocenters. The van der Waals surface area contributed by atoms with Crippen LogP contribution in [0, 0.1) is 0 Å². The first-order valence-electron chi connectivity index (χ1n) is 7.90. The largest absolute Gasteiger partial charge is 0.473 e. The molecule has 1 aliphatic rings. The predicted molar refractivity (Wildman–Crippen MR) is 87.7 cm³/mol. The number of nitrogens with zero attached hydrogens (tertiary/aromatic N) is 2. The van der Waals surface area contributed by atoms with E-state index in [1.165, 1.54) is 4.90 Å². The topological polar surface area (TPSA) is 82.9 Å². The fraction of sp³-hybridized carbons (Fsp3) is 0.333. The molecule has 1 aromatic heterocycles. The molecule has 126 valence electrons. The van der Waals surface area contributed by atoms with Gasteiger partial charge in [0, 0.05) is 30.9 Å². The van der Waals surface area contributed by atoms with E-state index >= 15 is 0 Å². The maximum Gasteiger partial charge on any atom is 0.407 e. The van der Waals surface area contributed by atoms with Crippen molar-refractivity contribution in [1.82, 2.24) is 9.88 Å². The number of pyridine rings is 1. The summed E-state index contributed by atoms with van der Waals surface area (Å²) in [5, 5.41) is 19.7. The number of ether oxygens (including phenoxy) is 1. The minimum Gasteiger partial charge on any atom is -0.473 e. The molecule has 2 aromatic rings. The van der Waals surface area contributed by atoms with Crippen LogP contribution in [0.4, 0.5) is 4.79 Å². The highest BCUT2D eigenvalue weighted by atomic mass is 16.5. The summed E-state index contributed by atoms with van der Waals surface area (Å²) in [5.74, 6) is 0.495. The lowest BCUT2D eigenvalue weighted by molar-refractivity contribution is -0.0216.